The summed E-state index contributed by atoms with van der Waals surface area (Å²) in [6.07, 6.45) is 7.23. The van der Waals surface area contributed by atoms with Gasteiger partial charge in [0.2, 0.25) is 0 Å². The van der Waals surface area contributed by atoms with Gasteiger partial charge in [-0.15, -0.1) is 11.3 Å². The first-order valence-corrected chi connectivity index (χ1v) is 29.3. The van der Waals surface area contributed by atoms with E-state index < -0.39 is 8.07 Å². The van der Waals surface area contributed by atoms with Crippen molar-refractivity contribution in [1.82, 2.24) is 0 Å². The van der Waals surface area contributed by atoms with Crippen LogP contribution in [0.1, 0.15) is 161 Å². The fourth-order valence-electron chi connectivity index (χ4n) is 13.1. The minimum atomic E-state index is -1.51. The Morgan fingerprint density at radius 2 is 0.938 bits per heavy atom. The van der Waals surface area contributed by atoms with Gasteiger partial charge in [0.25, 0.3) is 6.71 Å². The molecule has 2 nitrogen and oxygen atoms in total. The molecule has 0 bridgehead atoms. The Hall–Kier alpha value is -4.06. The normalized spacial score (nSPS) is 21.2. The molecule has 0 fully saturated rings. The van der Waals surface area contributed by atoms with Crippen LogP contribution in [0.3, 0.4) is 0 Å². The Morgan fingerprint density at radius 1 is 0.477 bits per heavy atom. The second-order valence-corrected chi connectivity index (χ2v) is 32.5. The van der Waals surface area contributed by atoms with Gasteiger partial charge < -0.3 is 9.80 Å². The zero-order chi connectivity index (χ0) is 46.3. The molecule has 2 aliphatic heterocycles. The molecule has 0 N–H and O–H groups in total. The van der Waals surface area contributed by atoms with Crippen molar-refractivity contribution in [2.45, 2.75) is 181 Å². The van der Waals surface area contributed by atoms with Crippen LogP contribution in [-0.2, 0) is 32.5 Å². The minimum Gasteiger partial charge on any atom is -0.311 e. The van der Waals surface area contributed by atoms with Crippen LogP contribution in [0.15, 0.2) is 78.9 Å². The molecule has 65 heavy (non-hydrogen) atoms. The lowest BCUT2D eigenvalue weighted by Crippen LogP contribution is -2.61. The lowest BCUT2D eigenvalue weighted by Gasteiger charge is -2.47. The summed E-state index contributed by atoms with van der Waals surface area (Å²) in [5.74, 6) is 0. The van der Waals surface area contributed by atoms with E-state index in [-0.39, 0.29) is 39.2 Å². The average molecular weight is 893 g/mol. The van der Waals surface area contributed by atoms with Crippen LogP contribution in [0.4, 0.5) is 34.1 Å². The molecule has 336 valence electrons. The monoisotopic (exact) mass is 893 g/mol. The van der Waals surface area contributed by atoms with Crippen molar-refractivity contribution in [2.24, 2.45) is 0 Å². The largest absolute Gasteiger partial charge is 0.311 e. The third kappa shape index (κ3) is 6.36. The maximum Gasteiger partial charge on any atom is 0.264 e. The van der Waals surface area contributed by atoms with Gasteiger partial charge in [-0.25, -0.2) is 0 Å². The fourth-order valence-corrected chi connectivity index (χ4v) is 15.6. The summed E-state index contributed by atoms with van der Waals surface area (Å²) in [7, 11) is -1.51. The highest BCUT2D eigenvalue weighted by Gasteiger charge is 2.49. The highest BCUT2D eigenvalue weighted by atomic mass is 32.1. The number of hydrogen-bond donors (Lipinski definition) is 0. The third-order valence-corrected chi connectivity index (χ3v) is 21.1. The molecule has 11 rings (SSSR count). The van der Waals surface area contributed by atoms with Crippen molar-refractivity contribution < 1.29 is 0 Å². The summed E-state index contributed by atoms with van der Waals surface area (Å²) in [5, 5.41) is 2.93. The molecule has 5 heteroatoms. The van der Waals surface area contributed by atoms with Gasteiger partial charge in [0.1, 0.15) is 0 Å². The summed E-state index contributed by atoms with van der Waals surface area (Å²) >= 11 is 2.09. The van der Waals surface area contributed by atoms with Crippen LogP contribution < -0.4 is 30.7 Å². The van der Waals surface area contributed by atoms with Gasteiger partial charge in [-0.3, -0.25) is 0 Å². The van der Waals surface area contributed by atoms with Gasteiger partial charge in [0.15, 0.2) is 0 Å². The maximum atomic E-state index is 2.75. The molecule has 0 amide bonds. The molecular formula is C60H73BN2SSi. The first-order chi connectivity index (χ1) is 30.2. The second-order valence-electron chi connectivity index (χ2n) is 26.3. The van der Waals surface area contributed by atoms with Crippen molar-refractivity contribution in [3.8, 4) is 0 Å². The van der Waals surface area contributed by atoms with E-state index in [1.54, 1.807) is 16.7 Å². The molecule has 6 aromatic rings. The van der Waals surface area contributed by atoms with Gasteiger partial charge in [-0.2, -0.15) is 0 Å². The number of hydrogen-bond acceptors (Lipinski definition) is 3. The number of benzene rings is 5. The van der Waals surface area contributed by atoms with E-state index >= 15 is 0 Å². The third-order valence-electron chi connectivity index (χ3n) is 17.8. The molecule has 5 aromatic carbocycles. The lowest BCUT2D eigenvalue weighted by molar-refractivity contribution is 0.332. The Morgan fingerprint density at radius 3 is 1.49 bits per heavy atom. The highest BCUT2D eigenvalue weighted by molar-refractivity contribution is 7.33. The van der Waals surface area contributed by atoms with Crippen molar-refractivity contribution in [1.29, 1.82) is 0 Å². The van der Waals surface area contributed by atoms with Crippen LogP contribution in [0.2, 0.25) is 19.6 Å². The minimum absolute atomic E-state index is 0.0870. The Kier molecular flexibility index (Phi) is 9.07. The van der Waals surface area contributed by atoms with E-state index in [0.717, 1.165) is 0 Å². The summed E-state index contributed by atoms with van der Waals surface area (Å²) in [6.45, 7) is 39.7. The van der Waals surface area contributed by atoms with Crippen LogP contribution in [-0.4, -0.2) is 14.8 Å². The number of aryl methyl sites for hydroxylation is 1. The number of thiophene rings is 1. The predicted molar refractivity (Wildman–Crippen MR) is 289 cm³/mol. The number of anilines is 6. The van der Waals surface area contributed by atoms with Crippen molar-refractivity contribution in [3.63, 3.8) is 0 Å². The molecule has 1 aromatic heterocycles. The molecule has 5 aliphatic rings. The van der Waals surface area contributed by atoms with Crippen molar-refractivity contribution in [2.75, 3.05) is 9.80 Å². The van der Waals surface area contributed by atoms with Crippen molar-refractivity contribution in [3.05, 3.63) is 118 Å². The van der Waals surface area contributed by atoms with Gasteiger partial charge in [-0.1, -0.05) is 132 Å². The van der Waals surface area contributed by atoms with E-state index in [1.807, 2.05) is 0 Å². The summed E-state index contributed by atoms with van der Waals surface area (Å²) in [5.41, 5.74) is 22.1. The van der Waals surface area contributed by atoms with E-state index in [1.165, 1.54) is 126 Å². The molecule has 3 heterocycles. The fraction of sp³-hybridized carbons (Fsp3) is 0.467. The molecule has 3 aliphatic carbocycles. The Balaban J connectivity index is 1.27. The van der Waals surface area contributed by atoms with Crippen molar-refractivity contribution >= 4 is 91.2 Å². The summed E-state index contributed by atoms with van der Waals surface area (Å²) < 4.78 is 2.93. The standard InChI is InChI=1S/C60H73BN2SSi/c1-36-29-49-52-50(30-36)63(38-19-22-41-42(31-38)56(4,5)24-23-55(41,2)3)53-40-32-43-46(60(12,13)28-25-57(43,6)7)35-51(40)64-54(53)61(52)47-33-44-45(59(10,11)27-26-58(44,8)9)34-48(47)62(49)37-17-20-39(21-18-37)65(14,15)16/h17-22,29-35H,23-28H2,1-16H3. The van der Waals surface area contributed by atoms with E-state index in [4.69, 9.17) is 0 Å². The zero-order valence-corrected chi connectivity index (χ0v) is 44.4. The van der Waals surface area contributed by atoms with Gasteiger partial charge in [0.05, 0.1) is 13.8 Å². The van der Waals surface area contributed by atoms with Crippen LogP contribution in [0, 0.1) is 6.92 Å². The highest BCUT2D eigenvalue weighted by Crippen LogP contribution is 2.55. The summed E-state index contributed by atoms with van der Waals surface area (Å²) in [4.78, 5) is 5.44. The first kappa shape index (κ1) is 43.5. The molecular weight excluding hydrogens is 820 g/mol. The van der Waals surface area contributed by atoms with Crippen LogP contribution >= 0.6 is 11.3 Å². The second kappa shape index (κ2) is 13.6. The maximum absolute atomic E-state index is 2.75. The smallest absolute Gasteiger partial charge is 0.264 e. The summed E-state index contributed by atoms with van der Waals surface area (Å²) in [6, 6.07) is 33.2. The number of fused-ring (bicyclic) bond motifs is 9. The molecule has 0 saturated heterocycles. The average Bonchev–Trinajstić information content (AvgIpc) is 3.60. The van der Waals surface area contributed by atoms with E-state index in [2.05, 4.69) is 210 Å². The van der Waals surface area contributed by atoms with Gasteiger partial charge in [-0.05, 0) is 182 Å². The molecule has 0 saturated carbocycles. The van der Waals surface area contributed by atoms with E-state index in [9.17, 15) is 0 Å². The molecule has 0 radical (unpaired) electrons. The Bertz CT molecular complexity index is 3010. The van der Waals surface area contributed by atoms with Gasteiger partial charge in [0, 0.05) is 43.3 Å². The quantitative estimate of drug-likeness (QED) is 0.163. The zero-order valence-electron chi connectivity index (χ0n) is 42.6. The topological polar surface area (TPSA) is 6.48 Å². The SMILES string of the molecule is Cc1cc2c3c(c1)N(c1ccc4c(c1)C(C)(C)CCC4(C)C)c1c(sc4cc5c(cc14)C(C)(C)CCC5(C)C)B3c1cc3c(cc1N2c1ccc([Si](C)(C)C)cc1)C(C)(C)CCC3(C)C. The van der Waals surface area contributed by atoms with E-state index in [0.29, 0.717) is 0 Å². The number of rotatable bonds is 3. The van der Waals surface area contributed by atoms with Gasteiger partial charge >= 0.3 is 0 Å². The molecule has 0 atom stereocenters. The molecule has 0 unspecified atom stereocenters. The number of nitrogens with zero attached hydrogens (tertiary/aromatic N) is 2. The van der Waals surface area contributed by atoms with Crippen LogP contribution in [0.25, 0.3) is 10.1 Å². The lowest BCUT2D eigenvalue weighted by atomic mass is 9.35. The first-order valence-electron chi connectivity index (χ1n) is 25.0. The molecule has 0 spiro atoms. The Labute approximate surface area is 397 Å². The van der Waals surface area contributed by atoms with Crippen LogP contribution in [0.5, 0.6) is 0 Å². The predicted octanol–water partition coefficient (Wildman–Crippen LogP) is 14.9.